The maximum absolute atomic E-state index is 6.34. The third kappa shape index (κ3) is 2.44. The van der Waals surface area contributed by atoms with E-state index in [1.165, 1.54) is 0 Å². The summed E-state index contributed by atoms with van der Waals surface area (Å²) < 4.78 is 0.853. The van der Waals surface area contributed by atoms with E-state index in [0.29, 0.717) is 5.02 Å². The van der Waals surface area contributed by atoms with Gasteiger partial charge in [-0.1, -0.05) is 41.9 Å². The summed E-state index contributed by atoms with van der Waals surface area (Å²) in [6.45, 7) is 0. The number of fused-ring (bicyclic) bond motifs is 1. The Labute approximate surface area is 130 Å². The molecule has 0 saturated heterocycles. The van der Waals surface area contributed by atoms with Gasteiger partial charge >= 0.3 is 0 Å². The van der Waals surface area contributed by atoms with Crippen molar-refractivity contribution in [3.63, 3.8) is 0 Å². The lowest BCUT2D eigenvalue weighted by Crippen LogP contribution is -2.12. The predicted octanol–water partition coefficient (Wildman–Crippen LogP) is 4.70. The third-order valence-electron chi connectivity index (χ3n) is 3.31. The number of hydrogen-bond acceptors (Lipinski definition) is 2. The van der Waals surface area contributed by atoms with Crippen LogP contribution >= 0.6 is 27.5 Å². The predicted molar refractivity (Wildman–Crippen MR) is 86.9 cm³/mol. The van der Waals surface area contributed by atoms with Gasteiger partial charge in [-0.2, -0.15) is 0 Å². The first-order valence-electron chi connectivity index (χ1n) is 6.21. The van der Waals surface area contributed by atoms with E-state index in [1.807, 2.05) is 48.5 Å². The molecule has 3 aromatic rings. The highest BCUT2D eigenvalue weighted by molar-refractivity contribution is 9.10. The quantitative estimate of drug-likeness (QED) is 0.730. The second kappa shape index (κ2) is 5.52. The molecule has 2 aromatic carbocycles. The maximum atomic E-state index is 6.34. The molecule has 3 rings (SSSR count). The molecule has 0 aliphatic carbocycles. The molecule has 0 fully saturated rings. The molecule has 2 N–H and O–H groups in total. The lowest BCUT2D eigenvalue weighted by molar-refractivity contribution is 0.872. The van der Waals surface area contributed by atoms with Gasteiger partial charge in [0.2, 0.25) is 0 Å². The van der Waals surface area contributed by atoms with Crippen LogP contribution in [0.4, 0.5) is 0 Å². The zero-order valence-corrected chi connectivity index (χ0v) is 12.9. The molecule has 2 nitrogen and oxygen atoms in total. The Balaban J connectivity index is 2.08. The molecule has 1 atom stereocenters. The summed E-state index contributed by atoms with van der Waals surface area (Å²) in [4.78, 5) is 4.36. The zero-order chi connectivity index (χ0) is 14.1. The molecule has 0 saturated carbocycles. The minimum atomic E-state index is -0.272. The van der Waals surface area contributed by atoms with Gasteiger partial charge in [-0.3, -0.25) is 4.98 Å². The first-order valence-corrected chi connectivity index (χ1v) is 7.38. The van der Waals surface area contributed by atoms with E-state index in [2.05, 4.69) is 20.9 Å². The zero-order valence-electron chi connectivity index (χ0n) is 10.6. The summed E-state index contributed by atoms with van der Waals surface area (Å²) in [5, 5.41) is 1.75. The number of nitrogens with two attached hydrogens (primary N) is 1. The monoisotopic (exact) mass is 346 g/mol. The Kier molecular flexibility index (Phi) is 3.74. The second-order valence-corrected chi connectivity index (χ2v) is 5.81. The Morgan fingerprint density at radius 1 is 1.10 bits per heavy atom. The summed E-state index contributed by atoms with van der Waals surface area (Å²) in [6.07, 6.45) is 1.78. The molecular formula is C16H12BrClN2. The average Bonchev–Trinajstić information content (AvgIpc) is 2.49. The molecule has 0 amide bonds. The highest BCUT2D eigenvalue weighted by Gasteiger charge is 2.14. The number of aromatic nitrogens is 1. The van der Waals surface area contributed by atoms with E-state index in [-0.39, 0.29) is 6.04 Å². The molecule has 100 valence electrons. The van der Waals surface area contributed by atoms with E-state index < -0.39 is 0 Å². The van der Waals surface area contributed by atoms with Gasteiger partial charge in [0.25, 0.3) is 0 Å². The van der Waals surface area contributed by atoms with Crippen molar-refractivity contribution in [3.8, 4) is 0 Å². The van der Waals surface area contributed by atoms with Gasteiger partial charge in [0.15, 0.2) is 0 Å². The van der Waals surface area contributed by atoms with Crippen LogP contribution in [0.3, 0.4) is 0 Å². The highest BCUT2D eigenvalue weighted by Crippen LogP contribution is 2.32. The first-order chi connectivity index (χ1) is 9.66. The van der Waals surface area contributed by atoms with E-state index in [0.717, 1.165) is 26.5 Å². The van der Waals surface area contributed by atoms with Crippen molar-refractivity contribution in [1.82, 2.24) is 4.98 Å². The van der Waals surface area contributed by atoms with Gasteiger partial charge < -0.3 is 5.73 Å². The minimum absolute atomic E-state index is 0.272. The van der Waals surface area contributed by atoms with Gasteiger partial charge in [-0.15, -0.1) is 0 Å². The number of benzene rings is 2. The molecule has 0 radical (unpaired) electrons. The van der Waals surface area contributed by atoms with Gasteiger partial charge in [0, 0.05) is 16.1 Å². The van der Waals surface area contributed by atoms with Gasteiger partial charge in [-0.05, 0) is 45.3 Å². The van der Waals surface area contributed by atoms with Crippen molar-refractivity contribution in [2.45, 2.75) is 6.04 Å². The van der Waals surface area contributed by atoms with Crippen molar-refractivity contribution in [3.05, 3.63) is 75.4 Å². The number of halogens is 2. The molecule has 0 bridgehead atoms. The fraction of sp³-hybridized carbons (Fsp3) is 0.0625. The van der Waals surface area contributed by atoms with Crippen LogP contribution in [0.5, 0.6) is 0 Å². The Morgan fingerprint density at radius 2 is 1.95 bits per heavy atom. The Bertz CT molecular complexity index is 773. The van der Waals surface area contributed by atoms with Crippen LogP contribution in [0.1, 0.15) is 17.2 Å². The lowest BCUT2D eigenvalue weighted by atomic mass is 9.98. The summed E-state index contributed by atoms with van der Waals surface area (Å²) in [6, 6.07) is 15.5. The molecular weight excluding hydrogens is 336 g/mol. The SMILES string of the molecule is NC(c1ccc2cccnc2c1)c1cccc(Br)c1Cl. The molecule has 4 heteroatoms. The molecule has 0 aliphatic heterocycles. The summed E-state index contributed by atoms with van der Waals surface area (Å²) in [5.41, 5.74) is 9.18. The highest BCUT2D eigenvalue weighted by atomic mass is 79.9. The van der Waals surface area contributed by atoms with Gasteiger partial charge in [-0.25, -0.2) is 0 Å². The average molecular weight is 348 g/mol. The third-order valence-corrected chi connectivity index (χ3v) is 4.62. The van der Waals surface area contributed by atoms with Crippen molar-refractivity contribution in [2.24, 2.45) is 5.73 Å². The number of rotatable bonds is 2. The van der Waals surface area contributed by atoms with Crippen LogP contribution in [0.25, 0.3) is 10.9 Å². The van der Waals surface area contributed by atoms with Crippen molar-refractivity contribution in [2.75, 3.05) is 0 Å². The van der Waals surface area contributed by atoms with Crippen LogP contribution < -0.4 is 5.73 Å². The van der Waals surface area contributed by atoms with E-state index in [4.69, 9.17) is 17.3 Å². The summed E-state index contributed by atoms with van der Waals surface area (Å²) in [5.74, 6) is 0. The molecule has 1 heterocycles. The standard InChI is InChI=1S/C16H12BrClN2/c17-13-5-1-4-12(15(13)18)16(19)11-7-6-10-3-2-8-20-14(10)9-11/h1-9,16H,19H2. The van der Waals surface area contributed by atoms with Crippen LogP contribution in [0.15, 0.2) is 59.2 Å². The molecule has 0 spiro atoms. The topological polar surface area (TPSA) is 38.9 Å². The normalized spacial score (nSPS) is 12.6. The summed E-state index contributed by atoms with van der Waals surface area (Å²) in [7, 11) is 0. The van der Waals surface area contributed by atoms with E-state index >= 15 is 0 Å². The van der Waals surface area contributed by atoms with Gasteiger partial charge in [0.1, 0.15) is 0 Å². The van der Waals surface area contributed by atoms with Crippen molar-refractivity contribution < 1.29 is 0 Å². The Hall–Kier alpha value is -1.42. The molecule has 20 heavy (non-hydrogen) atoms. The second-order valence-electron chi connectivity index (χ2n) is 4.58. The maximum Gasteiger partial charge on any atom is 0.0705 e. The number of nitrogens with zero attached hydrogens (tertiary/aromatic N) is 1. The van der Waals surface area contributed by atoms with Crippen molar-refractivity contribution >= 4 is 38.4 Å². The van der Waals surface area contributed by atoms with Crippen molar-refractivity contribution in [1.29, 1.82) is 0 Å². The smallest absolute Gasteiger partial charge is 0.0705 e. The van der Waals surface area contributed by atoms with Crippen LogP contribution in [-0.2, 0) is 0 Å². The Morgan fingerprint density at radius 3 is 2.80 bits per heavy atom. The largest absolute Gasteiger partial charge is 0.320 e. The van der Waals surface area contributed by atoms with Crippen LogP contribution in [0.2, 0.25) is 5.02 Å². The summed E-state index contributed by atoms with van der Waals surface area (Å²) >= 11 is 9.74. The fourth-order valence-corrected chi connectivity index (χ4v) is 2.84. The van der Waals surface area contributed by atoms with Gasteiger partial charge in [0.05, 0.1) is 16.6 Å². The van der Waals surface area contributed by atoms with Crippen LogP contribution in [0, 0.1) is 0 Å². The first kappa shape index (κ1) is 13.6. The molecule has 1 aromatic heterocycles. The molecule has 1 unspecified atom stereocenters. The minimum Gasteiger partial charge on any atom is -0.320 e. The molecule has 0 aliphatic rings. The lowest BCUT2D eigenvalue weighted by Gasteiger charge is -2.15. The van der Waals surface area contributed by atoms with E-state index in [9.17, 15) is 0 Å². The fourth-order valence-electron chi connectivity index (χ4n) is 2.22. The van der Waals surface area contributed by atoms with E-state index in [1.54, 1.807) is 6.20 Å². The number of pyridine rings is 1. The number of hydrogen-bond donors (Lipinski definition) is 1. The van der Waals surface area contributed by atoms with Crippen LogP contribution in [-0.4, -0.2) is 4.98 Å².